The summed E-state index contributed by atoms with van der Waals surface area (Å²) < 4.78 is 0. The van der Waals surface area contributed by atoms with E-state index in [1.807, 2.05) is 6.07 Å². The third-order valence-corrected chi connectivity index (χ3v) is 4.68. The molecule has 1 saturated carbocycles. The van der Waals surface area contributed by atoms with Gasteiger partial charge in [-0.3, -0.25) is 0 Å². The van der Waals surface area contributed by atoms with Crippen LogP contribution in [0.5, 0.6) is 0 Å². The Kier molecular flexibility index (Phi) is 4.05. The Labute approximate surface area is 120 Å². The first-order valence-corrected chi connectivity index (χ1v) is 7.93. The van der Waals surface area contributed by atoms with Crippen LogP contribution < -0.4 is 16.2 Å². The van der Waals surface area contributed by atoms with E-state index in [1.54, 1.807) is 0 Å². The van der Waals surface area contributed by atoms with Gasteiger partial charge in [0.25, 0.3) is 0 Å². The fraction of sp³-hybridized carbons (Fsp3) is 0.733. The number of aryl methyl sites for hydroxylation is 1. The van der Waals surface area contributed by atoms with Gasteiger partial charge in [-0.05, 0) is 31.6 Å². The second-order valence-corrected chi connectivity index (χ2v) is 6.02. The highest BCUT2D eigenvalue weighted by Gasteiger charge is 2.36. The summed E-state index contributed by atoms with van der Waals surface area (Å²) in [5, 5.41) is 0. The maximum atomic E-state index is 5.56. The van der Waals surface area contributed by atoms with Crippen LogP contribution in [0.3, 0.4) is 0 Å². The molecule has 2 aliphatic rings. The number of nitrogen functional groups attached to an aromatic ring is 1. The van der Waals surface area contributed by atoms with Gasteiger partial charge in [0, 0.05) is 25.1 Å². The fourth-order valence-corrected chi connectivity index (χ4v) is 3.73. The molecule has 0 radical (unpaired) electrons. The number of rotatable bonds is 4. The van der Waals surface area contributed by atoms with E-state index in [-0.39, 0.29) is 0 Å². The van der Waals surface area contributed by atoms with Gasteiger partial charge in [-0.25, -0.2) is 15.8 Å². The summed E-state index contributed by atoms with van der Waals surface area (Å²) in [6.07, 6.45) is 8.72. The summed E-state index contributed by atoms with van der Waals surface area (Å²) in [4.78, 5) is 11.7. The molecule has 0 amide bonds. The summed E-state index contributed by atoms with van der Waals surface area (Å²) in [5.41, 5.74) is 2.68. The van der Waals surface area contributed by atoms with E-state index < -0.39 is 0 Å². The number of nitrogens with two attached hydrogens (primary N) is 1. The third-order valence-electron chi connectivity index (χ3n) is 4.68. The minimum Gasteiger partial charge on any atom is -0.353 e. The monoisotopic (exact) mass is 275 g/mol. The van der Waals surface area contributed by atoms with Gasteiger partial charge >= 0.3 is 0 Å². The van der Waals surface area contributed by atoms with E-state index in [9.17, 15) is 0 Å². The summed E-state index contributed by atoms with van der Waals surface area (Å²) in [6.45, 7) is 3.28. The van der Waals surface area contributed by atoms with Gasteiger partial charge in [-0.2, -0.15) is 0 Å². The summed E-state index contributed by atoms with van der Waals surface area (Å²) >= 11 is 0. The van der Waals surface area contributed by atoms with Crippen molar-refractivity contribution in [3.05, 3.63) is 11.9 Å². The summed E-state index contributed by atoms with van der Waals surface area (Å²) in [6, 6.07) is 2.68. The Morgan fingerprint density at radius 3 is 2.95 bits per heavy atom. The fourth-order valence-electron chi connectivity index (χ4n) is 3.73. The van der Waals surface area contributed by atoms with Gasteiger partial charge in [-0.1, -0.05) is 19.8 Å². The molecular weight excluding hydrogens is 250 g/mol. The van der Waals surface area contributed by atoms with Crippen LogP contribution in [0, 0.1) is 5.92 Å². The van der Waals surface area contributed by atoms with E-state index >= 15 is 0 Å². The highest BCUT2D eigenvalue weighted by Crippen LogP contribution is 2.38. The number of fused-ring (bicyclic) bond motifs is 1. The van der Waals surface area contributed by atoms with Crippen LogP contribution in [-0.2, 0) is 6.42 Å². The average molecular weight is 275 g/mol. The van der Waals surface area contributed by atoms with Crippen LogP contribution in [-0.4, -0.2) is 22.6 Å². The van der Waals surface area contributed by atoms with Gasteiger partial charge in [0.05, 0.1) is 0 Å². The molecule has 20 heavy (non-hydrogen) atoms. The molecule has 5 nitrogen and oxygen atoms in total. The standard InChI is InChI=1S/C15H25N5/c1-2-5-13-17-14(19-16)10-15(18-13)20-9-8-11-6-3-4-7-12(11)20/h10-12H,2-9,16H2,1H3,(H,17,18,19). The van der Waals surface area contributed by atoms with E-state index in [0.29, 0.717) is 6.04 Å². The molecular formula is C15H25N5. The van der Waals surface area contributed by atoms with E-state index in [2.05, 4.69) is 22.2 Å². The molecule has 1 aromatic heterocycles. The third kappa shape index (κ3) is 2.59. The van der Waals surface area contributed by atoms with E-state index in [0.717, 1.165) is 42.8 Å². The topological polar surface area (TPSA) is 67.1 Å². The zero-order valence-corrected chi connectivity index (χ0v) is 12.3. The molecule has 2 fully saturated rings. The molecule has 2 unspecified atom stereocenters. The number of hydrogen-bond donors (Lipinski definition) is 2. The molecule has 0 aromatic carbocycles. The van der Waals surface area contributed by atoms with Crippen LogP contribution in [0.2, 0.25) is 0 Å². The van der Waals surface area contributed by atoms with Crippen molar-refractivity contribution in [3.8, 4) is 0 Å². The van der Waals surface area contributed by atoms with Crippen molar-refractivity contribution in [2.45, 2.75) is 57.9 Å². The molecule has 110 valence electrons. The second-order valence-electron chi connectivity index (χ2n) is 6.02. The maximum absolute atomic E-state index is 5.56. The minimum atomic E-state index is 0.679. The van der Waals surface area contributed by atoms with Gasteiger partial charge in [0.15, 0.2) is 0 Å². The number of anilines is 2. The molecule has 3 rings (SSSR count). The lowest BCUT2D eigenvalue weighted by Crippen LogP contribution is -2.35. The molecule has 1 aromatic rings. The summed E-state index contributed by atoms with van der Waals surface area (Å²) in [5.74, 6) is 9.11. The quantitative estimate of drug-likeness (QED) is 0.653. The van der Waals surface area contributed by atoms with Crippen molar-refractivity contribution >= 4 is 11.6 Å². The van der Waals surface area contributed by atoms with Crippen LogP contribution in [0.25, 0.3) is 0 Å². The summed E-state index contributed by atoms with van der Waals surface area (Å²) in [7, 11) is 0. The van der Waals surface area contributed by atoms with Crippen molar-refractivity contribution in [2.75, 3.05) is 16.9 Å². The molecule has 1 saturated heterocycles. The number of hydrogen-bond acceptors (Lipinski definition) is 5. The zero-order valence-electron chi connectivity index (χ0n) is 12.3. The molecule has 2 heterocycles. The zero-order chi connectivity index (χ0) is 13.9. The molecule has 2 atom stereocenters. The van der Waals surface area contributed by atoms with Gasteiger partial charge < -0.3 is 10.3 Å². The predicted molar refractivity (Wildman–Crippen MR) is 81.5 cm³/mol. The lowest BCUT2D eigenvalue weighted by molar-refractivity contribution is 0.341. The molecule has 3 N–H and O–H groups in total. The second kappa shape index (κ2) is 5.95. The molecule has 1 aliphatic heterocycles. The minimum absolute atomic E-state index is 0.679. The lowest BCUT2D eigenvalue weighted by atomic mass is 9.85. The highest BCUT2D eigenvalue weighted by atomic mass is 15.3. The predicted octanol–water partition coefficient (Wildman–Crippen LogP) is 2.48. The largest absolute Gasteiger partial charge is 0.353 e. The Bertz CT molecular complexity index is 462. The first kappa shape index (κ1) is 13.6. The maximum Gasteiger partial charge on any atom is 0.145 e. The van der Waals surface area contributed by atoms with Crippen LogP contribution >= 0.6 is 0 Å². The Morgan fingerprint density at radius 2 is 2.15 bits per heavy atom. The molecule has 0 spiro atoms. The first-order chi connectivity index (χ1) is 9.81. The van der Waals surface area contributed by atoms with Gasteiger partial charge in [0.2, 0.25) is 0 Å². The van der Waals surface area contributed by atoms with Gasteiger partial charge in [0.1, 0.15) is 17.5 Å². The Hall–Kier alpha value is -1.36. The normalized spacial score (nSPS) is 25.6. The Balaban J connectivity index is 1.86. The highest BCUT2D eigenvalue weighted by molar-refractivity contribution is 5.50. The van der Waals surface area contributed by atoms with Crippen LogP contribution in [0.1, 0.15) is 51.3 Å². The van der Waals surface area contributed by atoms with Crippen molar-refractivity contribution in [3.63, 3.8) is 0 Å². The van der Waals surface area contributed by atoms with Crippen molar-refractivity contribution in [2.24, 2.45) is 11.8 Å². The molecule has 5 heteroatoms. The number of nitrogens with one attached hydrogen (secondary N) is 1. The van der Waals surface area contributed by atoms with Crippen molar-refractivity contribution in [1.29, 1.82) is 0 Å². The van der Waals surface area contributed by atoms with Gasteiger partial charge in [-0.15, -0.1) is 0 Å². The first-order valence-electron chi connectivity index (χ1n) is 7.93. The number of hydrazine groups is 1. The van der Waals surface area contributed by atoms with Crippen LogP contribution in [0.15, 0.2) is 6.07 Å². The molecule has 1 aliphatic carbocycles. The lowest BCUT2D eigenvalue weighted by Gasteiger charge is -2.32. The van der Waals surface area contributed by atoms with Crippen molar-refractivity contribution in [1.82, 2.24) is 9.97 Å². The van der Waals surface area contributed by atoms with E-state index in [4.69, 9.17) is 10.8 Å². The smallest absolute Gasteiger partial charge is 0.145 e. The number of nitrogens with zero attached hydrogens (tertiary/aromatic N) is 3. The van der Waals surface area contributed by atoms with E-state index in [1.165, 1.54) is 32.1 Å². The SMILES string of the molecule is CCCc1nc(NN)cc(N2CCC3CCCCC32)n1. The van der Waals surface area contributed by atoms with Crippen molar-refractivity contribution < 1.29 is 0 Å². The van der Waals surface area contributed by atoms with Crippen LogP contribution in [0.4, 0.5) is 11.6 Å². The Morgan fingerprint density at radius 1 is 1.30 bits per heavy atom. The average Bonchev–Trinajstić information content (AvgIpc) is 2.91. The molecule has 0 bridgehead atoms. The number of aromatic nitrogens is 2.